The highest BCUT2D eigenvalue weighted by atomic mass is 35.5. The molecular weight excluding hydrogens is 343 g/mol. The number of para-hydroxylation sites is 1. The number of carbonyl (C=O) groups excluding carboxylic acids is 2. The fourth-order valence-corrected chi connectivity index (χ4v) is 2.49. The van der Waals surface area contributed by atoms with E-state index in [1.807, 2.05) is 0 Å². The normalized spacial score (nSPS) is 10.3. The van der Waals surface area contributed by atoms with E-state index in [-0.39, 0.29) is 16.9 Å². The second-order valence-electron chi connectivity index (χ2n) is 5.19. The van der Waals surface area contributed by atoms with Gasteiger partial charge in [-0.25, -0.2) is 4.39 Å². The van der Waals surface area contributed by atoms with Gasteiger partial charge in [-0.3, -0.25) is 9.59 Å². The molecule has 0 spiro atoms. The van der Waals surface area contributed by atoms with Crippen LogP contribution in [0.5, 0.6) is 11.5 Å². The zero-order valence-corrected chi connectivity index (χ0v) is 13.7. The summed E-state index contributed by atoms with van der Waals surface area (Å²) in [5.41, 5.74) is -0.0107. The van der Waals surface area contributed by atoms with E-state index in [1.54, 1.807) is 60.7 Å². The molecule has 3 aromatic carbocycles. The van der Waals surface area contributed by atoms with Crippen LogP contribution in [0, 0.1) is 5.82 Å². The molecule has 0 aromatic heterocycles. The Labute approximate surface area is 148 Å². The molecule has 0 aliphatic heterocycles. The lowest BCUT2D eigenvalue weighted by molar-refractivity contribution is 0.103. The van der Waals surface area contributed by atoms with Crippen LogP contribution in [-0.2, 0) is 0 Å². The molecule has 0 heterocycles. The van der Waals surface area contributed by atoms with Crippen LogP contribution in [0.2, 0.25) is 0 Å². The fourth-order valence-electron chi connectivity index (χ4n) is 2.34. The summed E-state index contributed by atoms with van der Waals surface area (Å²) in [4.78, 5) is 24.1. The average molecular weight is 355 g/mol. The van der Waals surface area contributed by atoms with E-state index in [2.05, 4.69) is 0 Å². The van der Waals surface area contributed by atoms with Gasteiger partial charge >= 0.3 is 0 Å². The van der Waals surface area contributed by atoms with Crippen LogP contribution in [0.15, 0.2) is 72.8 Å². The molecule has 0 saturated carbocycles. The van der Waals surface area contributed by atoms with Crippen molar-refractivity contribution in [3.8, 4) is 11.5 Å². The van der Waals surface area contributed by atoms with Crippen LogP contribution >= 0.6 is 11.6 Å². The van der Waals surface area contributed by atoms with Crippen LogP contribution in [0.3, 0.4) is 0 Å². The van der Waals surface area contributed by atoms with Crippen molar-refractivity contribution in [1.82, 2.24) is 0 Å². The first-order valence-corrected chi connectivity index (χ1v) is 7.80. The molecule has 3 aromatic rings. The van der Waals surface area contributed by atoms with Crippen molar-refractivity contribution >= 4 is 22.6 Å². The standard InChI is InChI=1S/C20H12ClFO3/c21-20(24)16-12-11-15(18(23)13-7-3-1-4-8-13)17(22)19(16)25-14-9-5-2-6-10-14/h1-12H. The van der Waals surface area contributed by atoms with E-state index in [4.69, 9.17) is 16.3 Å². The Morgan fingerprint density at radius 2 is 1.36 bits per heavy atom. The molecule has 0 amide bonds. The first-order chi connectivity index (χ1) is 12.1. The van der Waals surface area contributed by atoms with Crippen LogP contribution in [0.1, 0.15) is 26.3 Å². The molecule has 5 heteroatoms. The Morgan fingerprint density at radius 1 is 0.800 bits per heavy atom. The van der Waals surface area contributed by atoms with Crippen molar-refractivity contribution < 1.29 is 18.7 Å². The van der Waals surface area contributed by atoms with Gasteiger partial charge in [-0.1, -0.05) is 48.5 Å². The molecule has 0 unspecified atom stereocenters. The minimum Gasteiger partial charge on any atom is -0.453 e. The van der Waals surface area contributed by atoms with Crippen LogP contribution in [0.4, 0.5) is 4.39 Å². The summed E-state index contributed by atoms with van der Waals surface area (Å²) < 4.78 is 20.5. The van der Waals surface area contributed by atoms with Gasteiger partial charge in [-0.2, -0.15) is 0 Å². The Kier molecular flexibility index (Phi) is 4.91. The van der Waals surface area contributed by atoms with E-state index >= 15 is 0 Å². The number of ketones is 1. The van der Waals surface area contributed by atoms with Gasteiger partial charge in [-0.15, -0.1) is 0 Å². The number of rotatable bonds is 5. The molecule has 25 heavy (non-hydrogen) atoms. The van der Waals surface area contributed by atoms with Gasteiger partial charge in [0.25, 0.3) is 5.24 Å². The SMILES string of the molecule is O=C(c1ccccc1)c1ccc(C(=O)Cl)c(Oc2ccccc2)c1F. The molecule has 124 valence electrons. The van der Waals surface area contributed by atoms with Gasteiger partial charge in [0.1, 0.15) is 5.75 Å². The summed E-state index contributed by atoms with van der Waals surface area (Å²) in [6, 6.07) is 19.2. The minimum absolute atomic E-state index is 0.146. The van der Waals surface area contributed by atoms with Crippen LogP contribution in [-0.4, -0.2) is 11.0 Å². The third-order valence-electron chi connectivity index (χ3n) is 3.55. The van der Waals surface area contributed by atoms with Crippen LogP contribution < -0.4 is 4.74 Å². The maximum absolute atomic E-state index is 15.0. The van der Waals surface area contributed by atoms with Gasteiger partial charge in [0.2, 0.25) is 0 Å². The summed E-state index contributed by atoms with van der Waals surface area (Å²) in [5.74, 6) is -1.48. The highest BCUT2D eigenvalue weighted by molar-refractivity contribution is 6.68. The summed E-state index contributed by atoms with van der Waals surface area (Å²) in [5, 5.41) is -0.872. The highest BCUT2D eigenvalue weighted by Crippen LogP contribution is 2.32. The third kappa shape index (κ3) is 3.59. The maximum atomic E-state index is 15.0. The van der Waals surface area contributed by atoms with Gasteiger partial charge in [-0.05, 0) is 35.9 Å². The number of halogens is 2. The molecule has 0 aliphatic carbocycles. The van der Waals surface area contributed by atoms with Gasteiger partial charge in [0.05, 0.1) is 11.1 Å². The van der Waals surface area contributed by atoms with Crippen molar-refractivity contribution in [1.29, 1.82) is 0 Å². The van der Waals surface area contributed by atoms with Crippen LogP contribution in [0.25, 0.3) is 0 Å². The van der Waals surface area contributed by atoms with Gasteiger partial charge < -0.3 is 4.74 Å². The van der Waals surface area contributed by atoms with E-state index in [0.717, 1.165) is 0 Å². The molecule has 0 bridgehead atoms. The zero-order chi connectivity index (χ0) is 17.8. The predicted octanol–water partition coefficient (Wildman–Crippen LogP) is 5.23. The van der Waals surface area contributed by atoms with Crippen molar-refractivity contribution in [3.63, 3.8) is 0 Å². The van der Waals surface area contributed by atoms with E-state index in [9.17, 15) is 14.0 Å². The van der Waals surface area contributed by atoms with Gasteiger partial charge in [0, 0.05) is 5.56 Å². The molecular formula is C20H12ClFO3. The third-order valence-corrected chi connectivity index (χ3v) is 3.76. The quantitative estimate of drug-likeness (QED) is 0.465. The number of ether oxygens (including phenoxy) is 1. The van der Waals surface area contributed by atoms with E-state index < -0.39 is 16.8 Å². The smallest absolute Gasteiger partial charge is 0.256 e. The van der Waals surface area contributed by atoms with E-state index in [0.29, 0.717) is 11.3 Å². The van der Waals surface area contributed by atoms with E-state index in [1.165, 1.54) is 12.1 Å². The summed E-state index contributed by atoms with van der Waals surface area (Å²) in [7, 11) is 0. The number of hydrogen-bond donors (Lipinski definition) is 0. The second-order valence-corrected chi connectivity index (χ2v) is 5.53. The summed E-state index contributed by atoms with van der Waals surface area (Å²) in [6.45, 7) is 0. The Hall–Kier alpha value is -2.98. The lowest BCUT2D eigenvalue weighted by atomic mass is 10.0. The van der Waals surface area contributed by atoms with Crippen molar-refractivity contribution in [3.05, 3.63) is 95.3 Å². The lowest BCUT2D eigenvalue weighted by Gasteiger charge is -2.12. The number of benzene rings is 3. The zero-order valence-electron chi connectivity index (χ0n) is 12.9. The summed E-state index contributed by atoms with van der Waals surface area (Å²) in [6.07, 6.45) is 0. The molecule has 0 fully saturated rings. The Bertz CT molecular complexity index is 924. The molecule has 0 aliphatic rings. The van der Waals surface area contributed by atoms with Crippen molar-refractivity contribution in [2.45, 2.75) is 0 Å². The fraction of sp³-hybridized carbons (Fsp3) is 0. The molecule has 3 rings (SSSR count). The monoisotopic (exact) mass is 354 g/mol. The maximum Gasteiger partial charge on any atom is 0.256 e. The second kappa shape index (κ2) is 7.28. The molecule has 3 nitrogen and oxygen atoms in total. The Morgan fingerprint density at radius 3 is 1.96 bits per heavy atom. The number of carbonyl (C=O) groups is 2. The molecule has 0 saturated heterocycles. The molecule has 0 N–H and O–H groups in total. The highest BCUT2D eigenvalue weighted by Gasteiger charge is 2.23. The summed E-state index contributed by atoms with van der Waals surface area (Å²) >= 11 is 5.52. The van der Waals surface area contributed by atoms with Gasteiger partial charge in [0.15, 0.2) is 17.3 Å². The molecule has 0 atom stereocenters. The first kappa shape index (κ1) is 16.9. The first-order valence-electron chi connectivity index (χ1n) is 7.43. The van der Waals surface area contributed by atoms with Crippen molar-refractivity contribution in [2.75, 3.05) is 0 Å². The largest absolute Gasteiger partial charge is 0.453 e. The number of hydrogen-bond acceptors (Lipinski definition) is 3. The van der Waals surface area contributed by atoms with Crippen molar-refractivity contribution in [2.24, 2.45) is 0 Å². The Balaban J connectivity index is 2.09. The average Bonchev–Trinajstić information content (AvgIpc) is 2.64. The minimum atomic E-state index is -0.927. The lowest BCUT2D eigenvalue weighted by Crippen LogP contribution is -2.08. The molecule has 0 radical (unpaired) electrons. The predicted molar refractivity (Wildman–Crippen MR) is 93.0 cm³/mol. The topological polar surface area (TPSA) is 43.4 Å².